The third-order valence-corrected chi connectivity index (χ3v) is 3.56. The summed E-state index contributed by atoms with van der Waals surface area (Å²) in [6.07, 6.45) is 2.67. The third kappa shape index (κ3) is 2.60. The lowest BCUT2D eigenvalue weighted by Crippen LogP contribution is -2.12. The van der Waals surface area contributed by atoms with E-state index in [1.54, 1.807) is 6.92 Å². The number of fused-ring (bicyclic) bond motifs is 1. The summed E-state index contributed by atoms with van der Waals surface area (Å²) in [5.74, 6) is -0.961. The highest BCUT2D eigenvalue weighted by Crippen LogP contribution is 2.27. The van der Waals surface area contributed by atoms with Gasteiger partial charge in [0.05, 0.1) is 5.92 Å². The molecule has 1 unspecified atom stereocenters. The molecule has 0 radical (unpaired) electrons. The highest BCUT2D eigenvalue weighted by atomic mass is 16.4. The van der Waals surface area contributed by atoms with Gasteiger partial charge in [0.25, 0.3) is 0 Å². The first-order valence-corrected chi connectivity index (χ1v) is 6.13. The van der Waals surface area contributed by atoms with E-state index in [2.05, 4.69) is 30.1 Å². The molecule has 0 aliphatic carbocycles. The van der Waals surface area contributed by atoms with Crippen LogP contribution in [0.5, 0.6) is 0 Å². The first-order valence-electron chi connectivity index (χ1n) is 6.13. The van der Waals surface area contributed by atoms with Gasteiger partial charge in [0, 0.05) is 19.3 Å². The Morgan fingerprint density at radius 1 is 1.53 bits per heavy atom. The molecule has 1 aromatic carbocycles. The van der Waals surface area contributed by atoms with E-state index in [-0.39, 0.29) is 5.92 Å². The molecule has 1 aliphatic heterocycles. The lowest BCUT2D eigenvalue weighted by atomic mass is 9.99. The number of aliphatic carboxylic acids is 1. The van der Waals surface area contributed by atoms with Gasteiger partial charge in [0.15, 0.2) is 0 Å². The van der Waals surface area contributed by atoms with Crippen molar-refractivity contribution in [3.05, 3.63) is 29.3 Å². The van der Waals surface area contributed by atoms with Crippen molar-refractivity contribution in [1.82, 2.24) is 0 Å². The highest BCUT2D eigenvalue weighted by Gasteiger charge is 2.16. The molecule has 0 saturated carbocycles. The summed E-state index contributed by atoms with van der Waals surface area (Å²) >= 11 is 0. The second kappa shape index (κ2) is 4.78. The zero-order valence-electron chi connectivity index (χ0n) is 10.4. The molecule has 1 aliphatic rings. The molecule has 0 amide bonds. The molecule has 1 aromatic rings. The molecule has 1 heterocycles. The Balaban J connectivity index is 2.01. The molecule has 0 bridgehead atoms. The van der Waals surface area contributed by atoms with E-state index < -0.39 is 5.97 Å². The van der Waals surface area contributed by atoms with Crippen molar-refractivity contribution < 1.29 is 9.90 Å². The minimum Gasteiger partial charge on any atom is -0.481 e. The fourth-order valence-corrected chi connectivity index (χ4v) is 2.28. The van der Waals surface area contributed by atoms with E-state index in [1.807, 2.05) is 0 Å². The molecule has 0 fully saturated rings. The standard InChI is InChI=1S/C14H19NO2/c1-10(14(16)17)3-4-11-5-6-13-12(9-11)7-8-15(13)2/h5-6,9-10H,3-4,7-8H2,1-2H3,(H,16,17). The maximum Gasteiger partial charge on any atom is 0.306 e. The Hall–Kier alpha value is -1.51. The van der Waals surface area contributed by atoms with Crippen molar-refractivity contribution >= 4 is 11.7 Å². The Labute approximate surface area is 102 Å². The summed E-state index contributed by atoms with van der Waals surface area (Å²) in [5, 5.41) is 8.84. The van der Waals surface area contributed by atoms with Crippen molar-refractivity contribution in [2.45, 2.75) is 26.2 Å². The number of aryl methyl sites for hydroxylation is 1. The molecular weight excluding hydrogens is 214 g/mol. The van der Waals surface area contributed by atoms with Crippen LogP contribution in [0.2, 0.25) is 0 Å². The van der Waals surface area contributed by atoms with Gasteiger partial charge >= 0.3 is 5.97 Å². The monoisotopic (exact) mass is 233 g/mol. The number of benzene rings is 1. The summed E-state index contributed by atoms with van der Waals surface area (Å²) in [4.78, 5) is 13.0. The van der Waals surface area contributed by atoms with Gasteiger partial charge in [-0.05, 0) is 36.5 Å². The van der Waals surface area contributed by atoms with Crippen LogP contribution in [0.15, 0.2) is 18.2 Å². The minimum absolute atomic E-state index is 0.258. The van der Waals surface area contributed by atoms with E-state index in [4.69, 9.17) is 5.11 Å². The van der Waals surface area contributed by atoms with Crippen LogP contribution in [-0.4, -0.2) is 24.7 Å². The van der Waals surface area contributed by atoms with Crippen molar-refractivity contribution in [3.63, 3.8) is 0 Å². The van der Waals surface area contributed by atoms with Crippen molar-refractivity contribution in [2.24, 2.45) is 5.92 Å². The molecule has 2 rings (SSSR count). The zero-order valence-corrected chi connectivity index (χ0v) is 10.4. The van der Waals surface area contributed by atoms with E-state index in [1.165, 1.54) is 16.8 Å². The van der Waals surface area contributed by atoms with Gasteiger partial charge in [-0.1, -0.05) is 19.1 Å². The normalized spacial score (nSPS) is 15.8. The number of likely N-dealkylation sites (N-methyl/N-ethyl adjacent to an activating group) is 1. The maximum absolute atomic E-state index is 10.7. The van der Waals surface area contributed by atoms with Gasteiger partial charge in [0.2, 0.25) is 0 Å². The van der Waals surface area contributed by atoms with E-state index in [9.17, 15) is 4.79 Å². The fraction of sp³-hybridized carbons (Fsp3) is 0.500. The Morgan fingerprint density at radius 3 is 3.00 bits per heavy atom. The molecule has 1 atom stereocenters. The van der Waals surface area contributed by atoms with Crippen LogP contribution in [0.3, 0.4) is 0 Å². The summed E-state index contributed by atoms with van der Waals surface area (Å²) in [5.41, 5.74) is 3.97. The number of anilines is 1. The van der Waals surface area contributed by atoms with Crippen LogP contribution in [-0.2, 0) is 17.6 Å². The Morgan fingerprint density at radius 2 is 2.29 bits per heavy atom. The molecule has 0 spiro atoms. The van der Waals surface area contributed by atoms with Crippen LogP contribution >= 0.6 is 0 Å². The Bertz CT molecular complexity index is 428. The molecule has 92 valence electrons. The number of nitrogens with zero attached hydrogens (tertiary/aromatic N) is 1. The molecule has 3 heteroatoms. The number of carboxylic acids is 1. The fourth-order valence-electron chi connectivity index (χ4n) is 2.28. The summed E-state index contributed by atoms with van der Waals surface area (Å²) < 4.78 is 0. The van der Waals surface area contributed by atoms with Gasteiger partial charge in [-0.3, -0.25) is 4.79 Å². The molecule has 0 saturated heterocycles. The largest absolute Gasteiger partial charge is 0.481 e. The van der Waals surface area contributed by atoms with Crippen molar-refractivity contribution in [2.75, 3.05) is 18.5 Å². The predicted molar refractivity (Wildman–Crippen MR) is 68.5 cm³/mol. The zero-order chi connectivity index (χ0) is 12.4. The Kier molecular flexibility index (Phi) is 3.36. The topological polar surface area (TPSA) is 40.5 Å². The number of carbonyl (C=O) groups is 1. The second-order valence-corrected chi connectivity index (χ2v) is 4.91. The number of rotatable bonds is 4. The lowest BCUT2D eigenvalue weighted by Gasteiger charge is -2.12. The van der Waals surface area contributed by atoms with Gasteiger partial charge < -0.3 is 10.0 Å². The number of hydrogen-bond acceptors (Lipinski definition) is 2. The van der Waals surface area contributed by atoms with E-state index in [0.29, 0.717) is 6.42 Å². The van der Waals surface area contributed by atoms with Gasteiger partial charge in [0.1, 0.15) is 0 Å². The summed E-state index contributed by atoms with van der Waals surface area (Å²) in [6, 6.07) is 6.51. The van der Waals surface area contributed by atoms with Crippen molar-refractivity contribution in [1.29, 1.82) is 0 Å². The van der Waals surface area contributed by atoms with Crippen molar-refractivity contribution in [3.8, 4) is 0 Å². The van der Waals surface area contributed by atoms with Crippen LogP contribution in [0, 0.1) is 5.92 Å². The van der Waals surface area contributed by atoms with E-state index >= 15 is 0 Å². The van der Waals surface area contributed by atoms with Gasteiger partial charge in [-0.2, -0.15) is 0 Å². The first kappa shape index (κ1) is 12.0. The second-order valence-electron chi connectivity index (χ2n) is 4.91. The average molecular weight is 233 g/mol. The SMILES string of the molecule is CC(CCc1ccc2c(c1)CCN2C)C(=O)O. The number of carboxylic acid groups (broad SMARTS) is 1. The molecule has 3 nitrogen and oxygen atoms in total. The van der Waals surface area contributed by atoms with Crippen LogP contribution in [0.25, 0.3) is 0 Å². The van der Waals surface area contributed by atoms with Crippen LogP contribution in [0.4, 0.5) is 5.69 Å². The number of hydrogen-bond donors (Lipinski definition) is 1. The highest BCUT2D eigenvalue weighted by molar-refractivity contribution is 5.69. The third-order valence-electron chi connectivity index (χ3n) is 3.56. The quantitative estimate of drug-likeness (QED) is 0.867. The lowest BCUT2D eigenvalue weighted by molar-refractivity contribution is -0.141. The summed E-state index contributed by atoms with van der Waals surface area (Å²) in [6.45, 7) is 2.85. The smallest absolute Gasteiger partial charge is 0.306 e. The van der Waals surface area contributed by atoms with Crippen LogP contribution < -0.4 is 4.90 Å². The summed E-state index contributed by atoms with van der Waals surface area (Å²) in [7, 11) is 2.11. The maximum atomic E-state index is 10.7. The molecular formula is C14H19NO2. The molecule has 0 aromatic heterocycles. The first-order chi connectivity index (χ1) is 8.08. The minimum atomic E-state index is -0.703. The molecule has 17 heavy (non-hydrogen) atoms. The van der Waals surface area contributed by atoms with Gasteiger partial charge in [-0.25, -0.2) is 0 Å². The predicted octanol–water partition coefficient (Wildman–Crippen LogP) is 2.33. The average Bonchev–Trinajstić information content (AvgIpc) is 2.67. The van der Waals surface area contributed by atoms with Gasteiger partial charge in [-0.15, -0.1) is 0 Å². The van der Waals surface area contributed by atoms with Crippen LogP contribution in [0.1, 0.15) is 24.5 Å². The molecule has 1 N–H and O–H groups in total. The van der Waals surface area contributed by atoms with E-state index in [0.717, 1.165) is 19.4 Å².